The molecule has 18 heavy (non-hydrogen) atoms. The zero-order valence-electron chi connectivity index (χ0n) is 11.1. The number of pyridine rings is 1. The van der Waals surface area contributed by atoms with Gasteiger partial charge in [-0.25, -0.2) is 0 Å². The van der Waals surface area contributed by atoms with E-state index in [1.165, 1.54) is 12.8 Å². The van der Waals surface area contributed by atoms with E-state index in [-0.39, 0.29) is 11.4 Å². The van der Waals surface area contributed by atoms with Crippen molar-refractivity contribution in [2.75, 3.05) is 20.6 Å². The third kappa shape index (κ3) is 2.70. The van der Waals surface area contributed by atoms with Crippen LogP contribution in [0, 0.1) is 0 Å². The number of nitrogens with one attached hydrogen (secondary N) is 1. The number of rotatable bonds is 4. The Bertz CT molecular complexity index is 397. The number of carbonyl (C=O) groups is 1. The predicted molar refractivity (Wildman–Crippen MR) is 71.5 cm³/mol. The van der Waals surface area contributed by atoms with Crippen LogP contribution in [0.25, 0.3) is 0 Å². The smallest absolute Gasteiger partial charge is 0.252 e. The highest BCUT2D eigenvalue weighted by molar-refractivity contribution is 5.93. The normalized spacial score (nSPS) is 17.9. The van der Waals surface area contributed by atoms with E-state index >= 15 is 0 Å². The van der Waals surface area contributed by atoms with E-state index in [2.05, 4.69) is 29.3 Å². The minimum atomic E-state index is -0.0313. The molecule has 0 aliphatic heterocycles. The molecule has 1 amide bonds. The van der Waals surface area contributed by atoms with E-state index in [0.717, 1.165) is 12.8 Å². The van der Waals surface area contributed by atoms with Crippen molar-refractivity contribution >= 4 is 5.91 Å². The average molecular weight is 247 g/mol. The second-order valence-electron chi connectivity index (χ2n) is 5.25. The Morgan fingerprint density at radius 1 is 1.44 bits per heavy atom. The van der Waals surface area contributed by atoms with E-state index in [1.54, 1.807) is 24.5 Å². The van der Waals surface area contributed by atoms with Crippen LogP contribution in [0.1, 0.15) is 36.0 Å². The fourth-order valence-corrected chi connectivity index (χ4v) is 2.66. The number of amides is 1. The van der Waals surface area contributed by atoms with Crippen molar-refractivity contribution in [2.24, 2.45) is 0 Å². The quantitative estimate of drug-likeness (QED) is 0.880. The lowest BCUT2D eigenvalue weighted by Gasteiger charge is -2.36. The Hall–Kier alpha value is -1.42. The molecule has 1 aromatic rings. The molecule has 0 radical (unpaired) electrons. The van der Waals surface area contributed by atoms with Gasteiger partial charge in [0.2, 0.25) is 0 Å². The highest BCUT2D eigenvalue weighted by Crippen LogP contribution is 2.33. The third-order valence-corrected chi connectivity index (χ3v) is 3.98. The van der Waals surface area contributed by atoms with Crippen molar-refractivity contribution in [3.63, 3.8) is 0 Å². The number of carbonyl (C=O) groups excluding carboxylic acids is 1. The summed E-state index contributed by atoms with van der Waals surface area (Å²) in [6, 6.07) is 3.57. The highest BCUT2D eigenvalue weighted by Gasteiger charge is 2.36. The first-order valence-electron chi connectivity index (χ1n) is 6.50. The molecule has 0 saturated heterocycles. The van der Waals surface area contributed by atoms with Crippen LogP contribution in [0.4, 0.5) is 0 Å². The lowest BCUT2D eigenvalue weighted by atomic mass is 9.96. The maximum Gasteiger partial charge on any atom is 0.252 e. The van der Waals surface area contributed by atoms with Gasteiger partial charge in [0, 0.05) is 24.5 Å². The predicted octanol–water partition coefficient (Wildman–Crippen LogP) is 1.69. The van der Waals surface area contributed by atoms with E-state index < -0.39 is 0 Å². The Morgan fingerprint density at radius 2 is 2.17 bits per heavy atom. The minimum absolute atomic E-state index is 0.0313. The Morgan fingerprint density at radius 3 is 2.72 bits per heavy atom. The molecule has 1 aliphatic rings. The molecular weight excluding hydrogens is 226 g/mol. The van der Waals surface area contributed by atoms with Gasteiger partial charge in [-0.2, -0.15) is 0 Å². The average Bonchev–Trinajstić information content (AvgIpc) is 2.87. The molecule has 4 nitrogen and oxygen atoms in total. The summed E-state index contributed by atoms with van der Waals surface area (Å²) in [5, 5.41) is 3.04. The summed E-state index contributed by atoms with van der Waals surface area (Å²) < 4.78 is 0. The van der Waals surface area contributed by atoms with E-state index in [9.17, 15) is 4.79 Å². The second kappa shape index (κ2) is 5.48. The summed E-state index contributed by atoms with van der Waals surface area (Å²) in [6.45, 7) is 0.716. The van der Waals surface area contributed by atoms with Crippen molar-refractivity contribution in [1.29, 1.82) is 0 Å². The first-order chi connectivity index (χ1) is 8.64. The number of aromatic nitrogens is 1. The third-order valence-electron chi connectivity index (χ3n) is 3.98. The molecule has 0 bridgehead atoms. The summed E-state index contributed by atoms with van der Waals surface area (Å²) in [5.41, 5.74) is 0.766. The molecule has 1 N–H and O–H groups in total. The van der Waals surface area contributed by atoms with Gasteiger partial charge in [-0.15, -0.1) is 0 Å². The largest absolute Gasteiger partial charge is 0.350 e. The molecule has 1 heterocycles. The van der Waals surface area contributed by atoms with Gasteiger partial charge >= 0.3 is 0 Å². The maximum atomic E-state index is 12.0. The van der Waals surface area contributed by atoms with Crippen LogP contribution < -0.4 is 5.32 Å². The fraction of sp³-hybridized carbons (Fsp3) is 0.571. The molecule has 2 rings (SSSR count). The second-order valence-corrected chi connectivity index (χ2v) is 5.25. The molecule has 0 atom stereocenters. The van der Waals surface area contributed by atoms with Gasteiger partial charge in [0.25, 0.3) is 5.91 Å². The summed E-state index contributed by atoms with van der Waals surface area (Å²) in [6.07, 6.45) is 8.10. The van der Waals surface area contributed by atoms with Crippen molar-refractivity contribution in [3.8, 4) is 0 Å². The Kier molecular flexibility index (Phi) is 3.97. The number of nitrogens with zero attached hydrogens (tertiary/aromatic N) is 2. The van der Waals surface area contributed by atoms with Gasteiger partial charge in [-0.05, 0) is 39.1 Å². The van der Waals surface area contributed by atoms with Gasteiger partial charge in [-0.3, -0.25) is 9.78 Å². The molecule has 98 valence electrons. The molecule has 4 heteroatoms. The van der Waals surface area contributed by atoms with Gasteiger partial charge in [-0.1, -0.05) is 12.8 Å². The van der Waals surface area contributed by atoms with Crippen molar-refractivity contribution < 1.29 is 4.79 Å². The van der Waals surface area contributed by atoms with Gasteiger partial charge in [0.05, 0.1) is 5.56 Å². The molecule has 0 spiro atoms. The first kappa shape index (κ1) is 13.0. The number of hydrogen-bond donors (Lipinski definition) is 1. The van der Waals surface area contributed by atoms with E-state index in [4.69, 9.17) is 0 Å². The van der Waals surface area contributed by atoms with Crippen LogP contribution in [-0.2, 0) is 0 Å². The SMILES string of the molecule is CN(C)C1(CNC(=O)c2cccnc2)CCCC1. The molecule has 1 saturated carbocycles. The zero-order valence-corrected chi connectivity index (χ0v) is 11.1. The van der Waals surface area contributed by atoms with Crippen molar-refractivity contribution in [1.82, 2.24) is 15.2 Å². The lowest BCUT2D eigenvalue weighted by molar-refractivity contribution is 0.0899. The van der Waals surface area contributed by atoms with Crippen LogP contribution >= 0.6 is 0 Å². The monoisotopic (exact) mass is 247 g/mol. The molecule has 1 aliphatic carbocycles. The first-order valence-corrected chi connectivity index (χ1v) is 6.50. The summed E-state index contributed by atoms with van der Waals surface area (Å²) in [5.74, 6) is -0.0313. The van der Waals surface area contributed by atoms with Crippen LogP contribution in [0.2, 0.25) is 0 Å². The number of hydrogen-bond acceptors (Lipinski definition) is 3. The Balaban J connectivity index is 1.96. The summed E-state index contributed by atoms with van der Waals surface area (Å²) in [4.78, 5) is 18.2. The van der Waals surface area contributed by atoms with Crippen LogP contribution in [0.3, 0.4) is 0 Å². The highest BCUT2D eigenvalue weighted by atomic mass is 16.1. The van der Waals surface area contributed by atoms with Crippen molar-refractivity contribution in [2.45, 2.75) is 31.2 Å². The number of likely N-dealkylation sites (N-methyl/N-ethyl adjacent to an activating group) is 1. The summed E-state index contributed by atoms with van der Waals surface area (Å²) in [7, 11) is 4.20. The van der Waals surface area contributed by atoms with Crippen LogP contribution in [-0.4, -0.2) is 42.0 Å². The van der Waals surface area contributed by atoms with Gasteiger partial charge < -0.3 is 10.2 Å². The molecule has 1 aromatic heterocycles. The van der Waals surface area contributed by atoms with Gasteiger partial charge in [0.1, 0.15) is 0 Å². The van der Waals surface area contributed by atoms with E-state index in [1.807, 2.05) is 0 Å². The van der Waals surface area contributed by atoms with E-state index in [0.29, 0.717) is 12.1 Å². The Labute approximate surface area is 108 Å². The fourth-order valence-electron chi connectivity index (χ4n) is 2.66. The molecule has 1 fully saturated rings. The van der Waals surface area contributed by atoms with Crippen LogP contribution in [0.15, 0.2) is 24.5 Å². The standard InChI is InChI=1S/C14H21N3O/c1-17(2)14(7-3-4-8-14)11-16-13(18)12-6-5-9-15-10-12/h5-6,9-10H,3-4,7-8,11H2,1-2H3,(H,16,18). The minimum Gasteiger partial charge on any atom is -0.350 e. The topological polar surface area (TPSA) is 45.2 Å². The van der Waals surface area contributed by atoms with Crippen molar-refractivity contribution in [3.05, 3.63) is 30.1 Å². The molecular formula is C14H21N3O. The maximum absolute atomic E-state index is 12.0. The van der Waals surface area contributed by atoms with Crippen LogP contribution in [0.5, 0.6) is 0 Å². The summed E-state index contributed by atoms with van der Waals surface area (Å²) >= 11 is 0. The molecule has 0 aromatic carbocycles. The zero-order chi connectivity index (χ0) is 13.0. The van der Waals surface area contributed by atoms with Gasteiger partial charge in [0.15, 0.2) is 0 Å². The lowest BCUT2D eigenvalue weighted by Crippen LogP contribution is -2.50. The molecule has 0 unspecified atom stereocenters.